The van der Waals surface area contributed by atoms with Gasteiger partial charge in [-0.05, 0) is 118 Å². The van der Waals surface area contributed by atoms with Gasteiger partial charge in [-0.1, -0.05) is 43.0 Å². The van der Waals surface area contributed by atoms with Gasteiger partial charge in [-0.15, -0.1) is 0 Å². The molecular formula is C47H46BrClN2O11. The number of ether oxygens (including phenoxy) is 7. The molecule has 13 nitrogen and oxygen atoms in total. The van der Waals surface area contributed by atoms with Gasteiger partial charge in [0.1, 0.15) is 49.4 Å². The third kappa shape index (κ3) is 21.5. The molecule has 15 heteroatoms. The summed E-state index contributed by atoms with van der Waals surface area (Å²) in [5, 5.41) is 0. The largest absolute Gasteiger partial charge is 0.493 e. The Kier molecular flexibility index (Phi) is 23.6. The van der Waals surface area contributed by atoms with Crippen molar-refractivity contribution in [2.45, 2.75) is 13.3 Å². The van der Waals surface area contributed by atoms with E-state index in [1.807, 2.05) is 36.4 Å². The van der Waals surface area contributed by atoms with Crippen molar-refractivity contribution >= 4 is 75.6 Å². The van der Waals surface area contributed by atoms with E-state index in [-0.39, 0.29) is 32.4 Å². The fraction of sp³-hybridized carbons (Fsp3) is 0.191. The van der Waals surface area contributed by atoms with Crippen molar-refractivity contribution in [3.8, 4) is 23.0 Å². The number of halogens is 2. The molecule has 0 radical (unpaired) electrons. The molecule has 4 aromatic rings. The highest BCUT2D eigenvalue weighted by atomic mass is 79.9. The molecule has 0 N–H and O–H groups in total. The molecule has 0 saturated carbocycles. The number of benzene rings is 4. The van der Waals surface area contributed by atoms with E-state index in [0.717, 1.165) is 34.6 Å². The molecule has 0 aromatic heterocycles. The van der Waals surface area contributed by atoms with Gasteiger partial charge < -0.3 is 33.2 Å². The van der Waals surface area contributed by atoms with Gasteiger partial charge >= 0.3 is 23.9 Å². The van der Waals surface area contributed by atoms with Crippen molar-refractivity contribution in [2.75, 3.05) is 46.2 Å². The van der Waals surface area contributed by atoms with Gasteiger partial charge in [0.05, 0.1) is 29.9 Å². The van der Waals surface area contributed by atoms with E-state index in [1.165, 1.54) is 18.5 Å². The highest BCUT2D eigenvalue weighted by Crippen LogP contribution is 2.30. The maximum Gasteiger partial charge on any atom is 0.336 e. The number of hydrogen-bond donors (Lipinski definition) is 0. The van der Waals surface area contributed by atoms with Crippen molar-refractivity contribution in [1.82, 2.24) is 0 Å². The Hall–Kier alpha value is -6.77. The third-order valence-corrected chi connectivity index (χ3v) is 8.27. The van der Waals surface area contributed by atoms with Gasteiger partial charge in [-0.2, -0.15) is 0 Å². The summed E-state index contributed by atoms with van der Waals surface area (Å²) in [4.78, 5) is 53.6. The first-order valence-corrected chi connectivity index (χ1v) is 20.2. The maximum absolute atomic E-state index is 12.3. The van der Waals surface area contributed by atoms with Crippen LogP contribution in [0.3, 0.4) is 0 Å². The predicted octanol–water partition coefficient (Wildman–Crippen LogP) is 9.22. The lowest BCUT2D eigenvalue weighted by Gasteiger charge is -2.07. The van der Waals surface area contributed by atoms with Gasteiger partial charge in [0.15, 0.2) is 0 Å². The molecule has 324 valence electrons. The second-order valence-electron chi connectivity index (χ2n) is 12.2. The molecule has 0 saturated heterocycles. The summed E-state index contributed by atoms with van der Waals surface area (Å²) < 4.78 is 37.1. The van der Waals surface area contributed by atoms with Crippen LogP contribution in [0.25, 0.3) is 6.08 Å². The van der Waals surface area contributed by atoms with E-state index < -0.39 is 17.9 Å². The van der Waals surface area contributed by atoms with Gasteiger partial charge in [-0.25, -0.2) is 14.4 Å². The molecule has 0 aliphatic rings. The van der Waals surface area contributed by atoms with Crippen molar-refractivity contribution in [3.63, 3.8) is 0 Å². The summed E-state index contributed by atoms with van der Waals surface area (Å²) in [5.74, 6) is 0.565. The van der Waals surface area contributed by atoms with Gasteiger partial charge in [0.25, 0.3) is 0 Å². The zero-order chi connectivity index (χ0) is 44.8. The second-order valence-corrected chi connectivity index (χ2v) is 13.3. The summed E-state index contributed by atoms with van der Waals surface area (Å²) in [7, 11) is 0. The first-order valence-electron chi connectivity index (χ1n) is 19.0. The Morgan fingerprint density at radius 1 is 0.645 bits per heavy atom. The highest BCUT2D eigenvalue weighted by Gasteiger charge is 2.07. The Morgan fingerprint density at radius 2 is 1.18 bits per heavy atom. The molecule has 0 amide bonds. The lowest BCUT2D eigenvalue weighted by Crippen LogP contribution is -2.10. The smallest absolute Gasteiger partial charge is 0.336 e. The molecule has 0 spiro atoms. The fourth-order valence-corrected chi connectivity index (χ4v) is 5.06. The minimum atomic E-state index is -0.544. The number of rotatable bonds is 23. The summed E-state index contributed by atoms with van der Waals surface area (Å²) in [6.45, 7) is 10.2. The summed E-state index contributed by atoms with van der Waals surface area (Å²) in [6, 6.07) is 27.0. The summed E-state index contributed by atoms with van der Waals surface area (Å²) in [6.07, 6.45) is 11.0. The van der Waals surface area contributed by atoms with Crippen LogP contribution in [-0.2, 0) is 33.4 Å². The number of carbonyl (C=O) groups is 4. The molecule has 0 aliphatic carbocycles. The third-order valence-electron chi connectivity index (χ3n) is 7.47. The molecule has 62 heavy (non-hydrogen) atoms. The van der Waals surface area contributed by atoms with Crippen LogP contribution in [0.5, 0.6) is 23.0 Å². The first kappa shape index (κ1) is 49.6. The Morgan fingerprint density at radius 3 is 1.69 bits per heavy atom. The normalized spacial score (nSPS) is 10.8. The van der Waals surface area contributed by atoms with Crippen molar-refractivity contribution in [2.24, 2.45) is 9.98 Å². The Bertz CT molecular complexity index is 2170. The molecule has 0 unspecified atom stereocenters. The molecular weight excluding hydrogens is 884 g/mol. The minimum absolute atomic E-state index is 0.116. The van der Waals surface area contributed by atoms with E-state index in [1.54, 1.807) is 79.2 Å². The first-order chi connectivity index (χ1) is 30.1. The van der Waals surface area contributed by atoms with Crippen molar-refractivity contribution in [1.29, 1.82) is 0 Å². The fourth-order valence-electron chi connectivity index (χ4n) is 4.53. The highest BCUT2D eigenvalue weighted by molar-refractivity contribution is 9.10. The number of hydrogen-bond acceptors (Lipinski definition) is 13. The van der Waals surface area contributed by atoms with E-state index in [9.17, 15) is 19.2 Å². The van der Waals surface area contributed by atoms with Gasteiger partial charge in [0, 0.05) is 49.5 Å². The molecule has 0 bridgehead atoms. The zero-order valence-electron chi connectivity index (χ0n) is 34.0. The number of esters is 4. The van der Waals surface area contributed by atoms with Crippen LogP contribution < -0.4 is 18.9 Å². The predicted molar refractivity (Wildman–Crippen MR) is 243 cm³/mol. The number of aliphatic imine (C=N–C) groups is 2. The topological polar surface area (TPSA) is 158 Å². The van der Waals surface area contributed by atoms with Crippen LogP contribution in [0.4, 0.5) is 5.69 Å². The molecule has 0 fully saturated rings. The molecule has 4 aromatic carbocycles. The minimum Gasteiger partial charge on any atom is -0.493 e. The van der Waals surface area contributed by atoms with Gasteiger partial charge in [0.2, 0.25) is 0 Å². The standard InChI is InChI=1S/C32H28BrNO8.C15H18ClNO3/c1-3-30(35)40-19-17-38-26-11-5-23(6-12-26)9-16-32(37)42-29-15-10-25(21-28(29)33)34-22-24-7-13-27(14-8-24)39-18-20-41-31(36)4-2;1-13(18)19-10-3-11-20-15-6-4-14(5-7-15)12-17-9-2-8-16/h3-16,21-22H,1-2,17-20H2;2,4-8,12H,3,9-11H2,1H3/b16-9+,34-22?;8-2+,17-12?. The van der Waals surface area contributed by atoms with Crippen LogP contribution in [-0.4, -0.2) is 82.5 Å². The van der Waals surface area contributed by atoms with E-state index in [4.69, 9.17) is 44.8 Å². The quantitative estimate of drug-likeness (QED) is 0.0174. The van der Waals surface area contributed by atoms with Crippen LogP contribution in [0.15, 0.2) is 148 Å². The molecule has 0 heterocycles. The summed E-state index contributed by atoms with van der Waals surface area (Å²) in [5.41, 5.74) is 4.73. The zero-order valence-corrected chi connectivity index (χ0v) is 36.3. The lowest BCUT2D eigenvalue weighted by atomic mass is 10.2. The SMILES string of the molecule is C=CC(=O)OCCOc1ccc(C=Nc2ccc(OC(=O)/C=C/c3ccc(OCCOC(=O)C=C)cc3)c(Br)c2)cc1.CC(=O)OCCCOc1ccc(C=NC/C=C/Cl)cc1. The second kappa shape index (κ2) is 29.5. The van der Waals surface area contributed by atoms with Crippen molar-refractivity contribution in [3.05, 3.63) is 155 Å². The molecule has 0 atom stereocenters. The molecule has 4 rings (SSSR count). The summed E-state index contributed by atoms with van der Waals surface area (Å²) >= 11 is 8.82. The van der Waals surface area contributed by atoms with Crippen LogP contribution in [0, 0.1) is 0 Å². The van der Waals surface area contributed by atoms with Crippen LogP contribution in [0.1, 0.15) is 30.0 Å². The van der Waals surface area contributed by atoms with Gasteiger partial charge in [-0.3, -0.25) is 14.8 Å². The van der Waals surface area contributed by atoms with E-state index >= 15 is 0 Å². The number of nitrogens with zero attached hydrogens (tertiary/aromatic N) is 2. The monoisotopic (exact) mass is 928 g/mol. The Balaban J connectivity index is 0.000000428. The maximum atomic E-state index is 12.3. The number of carbonyl (C=O) groups excluding carboxylic acids is 4. The van der Waals surface area contributed by atoms with Crippen LogP contribution in [0.2, 0.25) is 0 Å². The van der Waals surface area contributed by atoms with Crippen molar-refractivity contribution < 1.29 is 52.3 Å². The average Bonchev–Trinajstić information content (AvgIpc) is 3.28. The van der Waals surface area contributed by atoms with Crippen LogP contribution >= 0.6 is 27.5 Å². The lowest BCUT2D eigenvalue weighted by molar-refractivity contribution is -0.141. The van der Waals surface area contributed by atoms with E-state index in [2.05, 4.69) is 39.1 Å². The Labute approximate surface area is 374 Å². The molecule has 0 aliphatic heterocycles. The average molecular weight is 930 g/mol. The van der Waals surface area contributed by atoms with E-state index in [0.29, 0.717) is 53.6 Å².